The zero-order chi connectivity index (χ0) is 18.1. The van der Waals surface area contributed by atoms with Gasteiger partial charge in [-0.2, -0.15) is 4.98 Å². The molecule has 0 unspecified atom stereocenters. The third-order valence-electron chi connectivity index (χ3n) is 4.75. The summed E-state index contributed by atoms with van der Waals surface area (Å²) < 4.78 is 5.51. The van der Waals surface area contributed by atoms with Crippen LogP contribution < -0.4 is 14.5 Å². The molecule has 0 bridgehead atoms. The van der Waals surface area contributed by atoms with E-state index < -0.39 is 0 Å². The van der Waals surface area contributed by atoms with E-state index in [2.05, 4.69) is 44.9 Å². The zero-order valence-electron chi connectivity index (χ0n) is 14.9. The zero-order valence-corrected chi connectivity index (χ0v) is 16.5. The van der Waals surface area contributed by atoms with Gasteiger partial charge < -0.3 is 14.5 Å². The minimum atomic E-state index is 0.323. The number of piperazine rings is 1. The van der Waals surface area contributed by atoms with Crippen molar-refractivity contribution in [1.29, 1.82) is 0 Å². The molecule has 0 radical (unpaired) electrons. The van der Waals surface area contributed by atoms with E-state index in [4.69, 9.17) is 16.3 Å². The fourth-order valence-electron chi connectivity index (χ4n) is 3.40. The number of halogens is 1. The van der Waals surface area contributed by atoms with E-state index in [0.717, 1.165) is 60.1 Å². The first-order chi connectivity index (χ1) is 12.7. The lowest BCUT2D eigenvalue weighted by molar-refractivity contribution is 0.413. The average Bonchev–Trinajstić information content (AvgIpc) is 3.10. The summed E-state index contributed by atoms with van der Waals surface area (Å²) >= 11 is 7.89. The van der Waals surface area contributed by atoms with Crippen LogP contribution in [0.5, 0.6) is 5.75 Å². The lowest BCUT2D eigenvalue weighted by Gasteiger charge is -2.37. The molecule has 3 heterocycles. The molecule has 26 heavy (non-hydrogen) atoms. The van der Waals surface area contributed by atoms with Crippen LogP contribution in [-0.4, -0.2) is 43.3 Å². The second-order valence-electron chi connectivity index (χ2n) is 6.25. The summed E-state index contributed by atoms with van der Waals surface area (Å²) in [5, 5.41) is 1.44. The summed E-state index contributed by atoms with van der Waals surface area (Å²) in [4.78, 5) is 15.9. The molecule has 1 saturated heterocycles. The van der Waals surface area contributed by atoms with Gasteiger partial charge in [0.15, 0.2) is 0 Å². The van der Waals surface area contributed by atoms with Crippen molar-refractivity contribution in [3.63, 3.8) is 0 Å². The Hall–Kier alpha value is -2.05. The average molecular weight is 389 g/mol. The van der Waals surface area contributed by atoms with Crippen molar-refractivity contribution in [1.82, 2.24) is 9.97 Å². The number of aromatic nitrogens is 2. The van der Waals surface area contributed by atoms with Gasteiger partial charge in [-0.25, -0.2) is 4.98 Å². The number of aryl methyl sites for hydroxylation is 1. The Balaban J connectivity index is 1.58. The largest absolute Gasteiger partial charge is 0.495 e. The molecule has 136 valence electrons. The van der Waals surface area contributed by atoms with Gasteiger partial charge in [0.05, 0.1) is 18.2 Å². The van der Waals surface area contributed by atoms with E-state index in [-0.39, 0.29) is 0 Å². The number of fused-ring (bicyclic) bond motifs is 1. The first-order valence-electron chi connectivity index (χ1n) is 8.78. The topological polar surface area (TPSA) is 41.5 Å². The number of benzene rings is 1. The maximum Gasteiger partial charge on any atom is 0.225 e. The predicted octanol–water partition coefficient (Wildman–Crippen LogP) is 4.24. The van der Waals surface area contributed by atoms with E-state index in [1.165, 1.54) is 4.88 Å². The summed E-state index contributed by atoms with van der Waals surface area (Å²) in [5.74, 6) is 1.87. The molecule has 0 aliphatic carbocycles. The van der Waals surface area contributed by atoms with E-state index >= 15 is 0 Å². The Morgan fingerprint density at radius 2 is 1.85 bits per heavy atom. The highest BCUT2D eigenvalue weighted by Gasteiger charge is 2.23. The third kappa shape index (κ3) is 3.19. The molecule has 1 aliphatic heterocycles. The van der Waals surface area contributed by atoms with Crippen LogP contribution in [0.4, 0.5) is 11.5 Å². The van der Waals surface area contributed by atoms with Crippen LogP contribution in [0.3, 0.4) is 0 Å². The van der Waals surface area contributed by atoms with E-state index in [1.807, 2.05) is 12.1 Å². The Morgan fingerprint density at radius 3 is 2.58 bits per heavy atom. The van der Waals surface area contributed by atoms with Crippen LogP contribution in [-0.2, 0) is 6.42 Å². The minimum Gasteiger partial charge on any atom is -0.495 e. The lowest BCUT2D eigenvalue weighted by Crippen LogP contribution is -2.47. The SMILES string of the molecule is CCc1cc2c(N3CCN(c4ccccc4OC)CC3)nc(Cl)nc2s1. The number of thiophene rings is 1. The highest BCUT2D eigenvalue weighted by atomic mass is 35.5. The number of rotatable bonds is 4. The number of methoxy groups -OCH3 is 1. The fourth-order valence-corrected chi connectivity index (χ4v) is 4.57. The van der Waals surface area contributed by atoms with Crippen LogP contribution in [0.1, 0.15) is 11.8 Å². The molecular weight excluding hydrogens is 368 g/mol. The van der Waals surface area contributed by atoms with E-state index in [9.17, 15) is 0 Å². The van der Waals surface area contributed by atoms with Gasteiger partial charge >= 0.3 is 0 Å². The van der Waals surface area contributed by atoms with Gasteiger partial charge in [-0.05, 0) is 36.2 Å². The predicted molar refractivity (Wildman–Crippen MR) is 109 cm³/mol. The number of hydrogen-bond acceptors (Lipinski definition) is 6. The van der Waals surface area contributed by atoms with E-state index in [1.54, 1.807) is 18.4 Å². The minimum absolute atomic E-state index is 0.323. The standard InChI is InChI=1S/C19H21ClN4OS/c1-3-13-12-14-17(21-19(20)22-18(14)26-13)24-10-8-23(9-11-24)15-6-4-5-7-16(15)25-2/h4-7,12H,3,8-11H2,1-2H3. The summed E-state index contributed by atoms with van der Waals surface area (Å²) in [6.45, 7) is 5.75. The van der Waals surface area contributed by atoms with Gasteiger partial charge in [-0.3, -0.25) is 0 Å². The van der Waals surface area contributed by atoms with Crippen LogP contribution >= 0.6 is 22.9 Å². The second-order valence-corrected chi connectivity index (χ2v) is 7.70. The number of anilines is 2. The Kier molecular flexibility index (Phi) is 4.87. The van der Waals surface area contributed by atoms with Gasteiger partial charge in [-0.1, -0.05) is 19.1 Å². The molecule has 1 aromatic carbocycles. The molecule has 2 aromatic heterocycles. The normalized spacial score (nSPS) is 14.9. The summed E-state index contributed by atoms with van der Waals surface area (Å²) in [6.07, 6.45) is 1.000. The van der Waals surface area contributed by atoms with Crippen molar-refractivity contribution in [2.75, 3.05) is 43.1 Å². The molecule has 1 fully saturated rings. The van der Waals surface area contributed by atoms with Crippen molar-refractivity contribution >= 4 is 44.7 Å². The summed E-state index contributed by atoms with van der Waals surface area (Å²) in [7, 11) is 1.72. The van der Waals surface area contributed by atoms with Crippen LogP contribution in [0.2, 0.25) is 5.28 Å². The van der Waals surface area contributed by atoms with Crippen LogP contribution in [0.15, 0.2) is 30.3 Å². The monoisotopic (exact) mass is 388 g/mol. The van der Waals surface area contributed by atoms with Gasteiger partial charge in [0.1, 0.15) is 16.4 Å². The number of para-hydroxylation sites is 2. The van der Waals surface area contributed by atoms with Crippen molar-refractivity contribution in [2.24, 2.45) is 0 Å². The molecule has 0 N–H and O–H groups in total. The van der Waals surface area contributed by atoms with Crippen LogP contribution in [0, 0.1) is 0 Å². The lowest BCUT2D eigenvalue weighted by atomic mass is 10.2. The van der Waals surface area contributed by atoms with Gasteiger partial charge in [0.2, 0.25) is 5.28 Å². The molecule has 1 aliphatic rings. The number of hydrogen-bond donors (Lipinski definition) is 0. The molecule has 0 atom stereocenters. The Bertz CT molecular complexity index is 921. The Labute approximate surface area is 162 Å². The smallest absolute Gasteiger partial charge is 0.225 e. The molecule has 5 nitrogen and oxygen atoms in total. The van der Waals surface area contributed by atoms with Gasteiger partial charge in [-0.15, -0.1) is 11.3 Å². The highest BCUT2D eigenvalue weighted by Crippen LogP contribution is 2.34. The number of nitrogens with zero attached hydrogens (tertiary/aromatic N) is 4. The quantitative estimate of drug-likeness (QED) is 0.625. The maximum absolute atomic E-state index is 6.19. The molecule has 3 aromatic rings. The van der Waals surface area contributed by atoms with E-state index in [0.29, 0.717) is 5.28 Å². The molecule has 0 spiro atoms. The van der Waals surface area contributed by atoms with Gasteiger partial charge in [0.25, 0.3) is 0 Å². The van der Waals surface area contributed by atoms with Crippen molar-refractivity contribution in [2.45, 2.75) is 13.3 Å². The number of ether oxygens (including phenoxy) is 1. The second kappa shape index (κ2) is 7.29. The Morgan fingerprint density at radius 1 is 1.12 bits per heavy atom. The molecule has 0 saturated carbocycles. The van der Waals surface area contributed by atoms with Crippen molar-refractivity contribution in [3.05, 3.63) is 40.5 Å². The summed E-state index contributed by atoms with van der Waals surface area (Å²) in [5.41, 5.74) is 1.14. The molecular formula is C19H21ClN4OS. The molecule has 7 heteroatoms. The molecule has 4 rings (SSSR count). The summed E-state index contributed by atoms with van der Waals surface area (Å²) in [6, 6.07) is 10.4. The third-order valence-corrected chi connectivity index (χ3v) is 6.09. The van der Waals surface area contributed by atoms with Crippen molar-refractivity contribution in [3.8, 4) is 5.75 Å². The van der Waals surface area contributed by atoms with Crippen molar-refractivity contribution < 1.29 is 4.74 Å². The molecule has 0 amide bonds. The highest BCUT2D eigenvalue weighted by molar-refractivity contribution is 7.18. The first-order valence-corrected chi connectivity index (χ1v) is 9.98. The fraction of sp³-hybridized carbons (Fsp3) is 0.368. The van der Waals surface area contributed by atoms with Crippen LogP contribution in [0.25, 0.3) is 10.2 Å². The first kappa shape index (κ1) is 17.4. The van der Waals surface area contributed by atoms with Gasteiger partial charge in [0, 0.05) is 31.1 Å². The maximum atomic E-state index is 6.19.